The molecule has 7 heteroatoms. The van der Waals surface area contributed by atoms with Gasteiger partial charge in [0.05, 0.1) is 11.8 Å². The van der Waals surface area contributed by atoms with Gasteiger partial charge >= 0.3 is 0 Å². The van der Waals surface area contributed by atoms with Crippen LogP contribution in [0.1, 0.15) is 29.4 Å². The summed E-state index contributed by atoms with van der Waals surface area (Å²) >= 11 is 1.40. The lowest BCUT2D eigenvalue weighted by Crippen LogP contribution is -2.30. The number of carbonyl (C=O) groups is 1. The van der Waals surface area contributed by atoms with Gasteiger partial charge in [-0.25, -0.2) is 0 Å². The number of ether oxygens (including phenoxy) is 1. The molecule has 1 amide bonds. The predicted molar refractivity (Wildman–Crippen MR) is 135 cm³/mol. The second-order valence-electron chi connectivity index (χ2n) is 8.04. The van der Waals surface area contributed by atoms with E-state index in [1.807, 2.05) is 91.2 Å². The first-order valence-electron chi connectivity index (χ1n) is 11.2. The molecule has 0 aliphatic heterocycles. The van der Waals surface area contributed by atoms with Gasteiger partial charge in [0, 0.05) is 6.54 Å². The van der Waals surface area contributed by atoms with E-state index in [0.29, 0.717) is 24.1 Å². The Kier molecular flexibility index (Phi) is 7.99. The van der Waals surface area contributed by atoms with E-state index < -0.39 is 0 Å². The average molecular weight is 473 g/mol. The number of benzene rings is 3. The van der Waals surface area contributed by atoms with Gasteiger partial charge in [-0.05, 0) is 37.1 Å². The molecule has 0 radical (unpaired) electrons. The van der Waals surface area contributed by atoms with Crippen LogP contribution in [0.5, 0.6) is 5.75 Å². The number of hydrogen-bond donors (Lipinski definition) is 1. The minimum atomic E-state index is -0.326. The second-order valence-corrected chi connectivity index (χ2v) is 9.34. The first-order valence-corrected chi connectivity index (χ1v) is 12.1. The van der Waals surface area contributed by atoms with Crippen LogP contribution in [0.25, 0.3) is 0 Å². The summed E-state index contributed by atoms with van der Waals surface area (Å²) in [5.41, 5.74) is 3.37. The van der Waals surface area contributed by atoms with Crippen molar-refractivity contribution >= 4 is 17.7 Å². The molecule has 1 atom stereocenters. The van der Waals surface area contributed by atoms with Crippen LogP contribution in [0, 0.1) is 6.92 Å². The first kappa shape index (κ1) is 23.6. The van der Waals surface area contributed by atoms with E-state index in [4.69, 9.17) is 4.74 Å². The van der Waals surface area contributed by atoms with E-state index in [0.717, 1.165) is 16.9 Å². The lowest BCUT2D eigenvalue weighted by atomic mass is 10.2. The van der Waals surface area contributed by atoms with E-state index in [9.17, 15) is 4.79 Å². The van der Waals surface area contributed by atoms with Crippen LogP contribution >= 0.6 is 11.8 Å². The number of hydrogen-bond acceptors (Lipinski definition) is 5. The van der Waals surface area contributed by atoms with Crippen molar-refractivity contribution in [3.63, 3.8) is 0 Å². The average Bonchev–Trinajstić information content (AvgIpc) is 3.24. The van der Waals surface area contributed by atoms with Crippen molar-refractivity contribution in [3.8, 4) is 5.75 Å². The molecule has 0 bridgehead atoms. The van der Waals surface area contributed by atoms with Gasteiger partial charge in [-0.2, -0.15) is 0 Å². The summed E-state index contributed by atoms with van der Waals surface area (Å²) in [6.07, 6.45) is 0. The molecule has 1 N–H and O–H groups in total. The van der Waals surface area contributed by atoms with Crippen molar-refractivity contribution in [2.75, 3.05) is 0 Å². The molecule has 0 fully saturated rings. The van der Waals surface area contributed by atoms with E-state index >= 15 is 0 Å². The molecule has 1 aromatic heterocycles. The predicted octanol–water partition coefficient (Wildman–Crippen LogP) is 5.01. The molecule has 3 aromatic carbocycles. The number of carbonyl (C=O) groups excluding carboxylic acids is 1. The summed E-state index contributed by atoms with van der Waals surface area (Å²) in [7, 11) is 0. The van der Waals surface area contributed by atoms with E-state index in [1.165, 1.54) is 17.3 Å². The first-order chi connectivity index (χ1) is 16.6. The Morgan fingerprint density at radius 3 is 2.26 bits per heavy atom. The lowest BCUT2D eigenvalue weighted by Gasteiger charge is -2.14. The highest BCUT2D eigenvalue weighted by Crippen LogP contribution is 2.24. The Bertz CT molecular complexity index is 1190. The van der Waals surface area contributed by atoms with Crippen molar-refractivity contribution in [2.24, 2.45) is 0 Å². The van der Waals surface area contributed by atoms with Gasteiger partial charge in [0.25, 0.3) is 0 Å². The molecule has 6 nitrogen and oxygen atoms in total. The number of aromatic nitrogens is 3. The monoisotopic (exact) mass is 472 g/mol. The Balaban J connectivity index is 1.46. The molecule has 0 saturated carbocycles. The maximum absolute atomic E-state index is 12.7. The minimum absolute atomic E-state index is 0.0411. The number of thioether (sulfide) groups is 1. The third-order valence-corrected chi connectivity index (χ3v) is 6.41. The third kappa shape index (κ3) is 6.48. The van der Waals surface area contributed by atoms with Gasteiger partial charge in [-0.3, -0.25) is 9.36 Å². The summed E-state index contributed by atoms with van der Waals surface area (Å²) in [5, 5.41) is 12.1. The van der Waals surface area contributed by atoms with E-state index in [2.05, 4.69) is 27.6 Å². The number of rotatable bonds is 10. The Hall–Kier alpha value is -3.58. The van der Waals surface area contributed by atoms with Crippen LogP contribution in [-0.2, 0) is 24.5 Å². The summed E-state index contributed by atoms with van der Waals surface area (Å²) < 4.78 is 7.99. The normalized spacial score (nSPS) is 11.7. The molecule has 0 aliphatic carbocycles. The quantitative estimate of drug-likeness (QED) is 0.329. The maximum Gasteiger partial charge on any atom is 0.233 e. The van der Waals surface area contributed by atoms with Crippen LogP contribution in [0.2, 0.25) is 0 Å². The van der Waals surface area contributed by atoms with Crippen LogP contribution < -0.4 is 10.1 Å². The second kappa shape index (κ2) is 11.5. The molecule has 4 aromatic rings. The van der Waals surface area contributed by atoms with Crippen molar-refractivity contribution in [1.82, 2.24) is 20.1 Å². The molecule has 174 valence electrons. The van der Waals surface area contributed by atoms with Crippen molar-refractivity contribution in [1.29, 1.82) is 0 Å². The zero-order valence-corrected chi connectivity index (χ0v) is 20.2. The highest BCUT2D eigenvalue weighted by atomic mass is 32.2. The highest BCUT2D eigenvalue weighted by Gasteiger charge is 2.20. The number of nitrogens with zero attached hydrogens (tertiary/aromatic N) is 3. The smallest absolute Gasteiger partial charge is 0.233 e. The SMILES string of the molecule is Cc1ccc(OCc2nnc(S[C@H](C)C(=O)NCc3ccccc3)n2Cc2ccccc2)cc1. The van der Waals surface area contributed by atoms with Gasteiger partial charge in [0.2, 0.25) is 5.91 Å². The number of nitrogens with one attached hydrogen (secondary N) is 1. The standard InChI is InChI=1S/C27H28N4O2S/c1-20-13-15-24(16-14-20)33-19-25-29-30-27(31(25)18-23-11-7-4-8-12-23)34-21(2)26(32)28-17-22-9-5-3-6-10-22/h3-16,21H,17-19H2,1-2H3,(H,28,32)/t21-/m1/s1. The van der Waals surface area contributed by atoms with Crippen LogP contribution in [0.15, 0.2) is 90.1 Å². The van der Waals surface area contributed by atoms with Crippen LogP contribution in [-0.4, -0.2) is 25.9 Å². The molecular formula is C27H28N4O2S. The minimum Gasteiger partial charge on any atom is -0.486 e. The Morgan fingerprint density at radius 2 is 1.59 bits per heavy atom. The topological polar surface area (TPSA) is 69.0 Å². The fourth-order valence-corrected chi connectivity index (χ4v) is 4.25. The van der Waals surface area contributed by atoms with Gasteiger partial charge in [-0.15, -0.1) is 10.2 Å². The Morgan fingerprint density at radius 1 is 0.941 bits per heavy atom. The van der Waals surface area contributed by atoms with Crippen LogP contribution in [0.3, 0.4) is 0 Å². The molecule has 0 saturated heterocycles. The van der Waals surface area contributed by atoms with Gasteiger partial charge < -0.3 is 10.1 Å². The zero-order chi connectivity index (χ0) is 23.8. The molecule has 0 aliphatic rings. The molecule has 0 spiro atoms. The number of amides is 1. The summed E-state index contributed by atoms with van der Waals surface area (Å²) in [4.78, 5) is 12.7. The highest BCUT2D eigenvalue weighted by molar-refractivity contribution is 8.00. The summed E-state index contributed by atoms with van der Waals surface area (Å²) in [6.45, 7) is 5.31. The summed E-state index contributed by atoms with van der Waals surface area (Å²) in [5.74, 6) is 1.45. The van der Waals surface area contributed by atoms with Gasteiger partial charge in [0.1, 0.15) is 12.4 Å². The molecular weight excluding hydrogens is 444 g/mol. The van der Waals surface area contributed by atoms with Gasteiger partial charge in [0.15, 0.2) is 11.0 Å². The van der Waals surface area contributed by atoms with Crippen molar-refractivity contribution in [3.05, 3.63) is 107 Å². The maximum atomic E-state index is 12.7. The fourth-order valence-electron chi connectivity index (χ4n) is 3.36. The van der Waals surface area contributed by atoms with Crippen LogP contribution in [0.4, 0.5) is 0 Å². The summed E-state index contributed by atoms with van der Waals surface area (Å²) in [6, 6.07) is 27.9. The Labute approximate surface area is 204 Å². The van der Waals surface area contributed by atoms with Gasteiger partial charge in [-0.1, -0.05) is 90.1 Å². The van der Waals surface area contributed by atoms with Crippen molar-refractivity contribution < 1.29 is 9.53 Å². The van der Waals surface area contributed by atoms with E-state index in [-0.39, 0.29) is 17.8 Å². The molecule has 0 unspecified atom stereocenters. The molecule has 1 heterocycles. The fraction of sp³-hybridized carbons (Fsp3) is 0.222. The molecule has 34 heavy (non-hydrogen) atoms. The van der Waals surface area contributed by atoms with Crippen molar-refractivity contribution in [2.45, 2.75) is 44.0 Å². The largest absolute Gasteiger partial charge is 0.486 e. The third-order valence-electron chi connectivity index (χ3n) is 5.33. The van der Waals surface area contributed by atoms with E-state index in [1.54, 1.807) is 0 Å². The number of aryl methyl sites for hydroxylation is 1. The molecule has 4 rings (SSSR count). The zero-order valence-electron chi connectivity index (χ0n) is 19.3. The lowest BCUT2D eigenvalue weighted by molar-refractivity contribution is -0.120.